The zero-order valence-electron chi connectivity index (χ0n) is 9.63. The Labute approximate surface area is 129 Å². The number of nitrogens with zero attached hydrogens (tertiary/aromatic N) is 2. The van der Waals surface area contributed by atoms with E-state index in [-0.39, 0.29) is 10.2 Å². The summed E-state index contributed by atoms with van der Waals surface area (Å²) in [6, 6.07) is 7.47. The number of rotatable bonds is 4. The first-order chi connectivity index (χ1) is 8.99. The molecule has 0 fully saturated rings. The number of benzene rings is 1. The SMILES string of the molecule is NC(=S)N/N=C(\C=N\NC(N)=S)c1ccc(Br)cc1. The molecule has 6 N–H and O–H groups in total. The largest absolute Gasteiger partial charge is 0.375 e. The topological polar surface area (TPSA) is 101 Å². The molecule has 100 valence electrons. The van der Waals surface area contributed by atoms with Gasteiger partial charge < -0.3 is 11.5 Å². The summed E-state index contributed by atoms with van der Waals surface area (Å²) in [5.41, 5.74) is 16.9. The smallest absolute Gasteiger partial charge is 0.184 e. The average molecular weight is 359 g/mol. The van der Waals surface area contributed by atoms with Gasteiger partial charge in [-0.05, 0) is 36.6 Å². The van der Waals surface area contributed by atoms with Gasteiger partial charge in [-0.2, -0.15) is 10.2 Å². The van der Waals surface area contributed by atoms with Crippen molar-refractivity contribution < 1.29 is 0 Å². The molecule has 0 saturated carbocycles. The molecular weight excluding hydrogens is 348 g/mol. The van der Waals surface area contributed by atoms with Crippen LogP contribution in [0.3, 0.4) is 0 Å². The normalized spacial score (nSPS) is 11.3. The summed E-state index contributed by atoms with van der Waals surface area (Å²) < 4.78 is 0.955. The molecule has 0 unspecified atom stereocenters. The highest BCUT2D eigenvalue weighted by molar-refractivity contribution is 9.10. The van der Waals surface area contributed by atoms with E-state index in [1.165, 1.54) is 6.21 Å². The molecule has 0 atom stereocenters. The second-order valence-corrected chi connectivity index (χ2v) is 5.01. The molecule has 19 heavy (non-hydrogen) atoms. The van der Waals surface area contributed by atoms with E-state index < -0.39 is 0 Å². The van der Waals surface area contributed by atoms with Gasteiger partial charge in [-0.15, -0.1) is 0 Å². The highest BCUT2D eigenvalue weighted by atomic mass is 79.9. The summed E-state index contributed by atoms with van der Waals surface area (Å²) in [5.74, 6) is 0. The zero-order valence-corrected chi connectivity index (χ0v) is 12.8. The quantitative estimate of drug-likeness (QED) is 0.361. The minimum Gasteiger partial charge on any atom is -0.375 e. The van der Waals surface area contributed by atoms with Crippen molar-refractivity contribution >= 4 is 62.5 Å². The van der Waals surface area contributed by atoms with Gasteiger partial charge >= 0.3 is 0 Å². The fourth-order valence-corrected chi connectivity index (χ4v) is 1.42. The van der Waals surface area contributed by atoms with Gasteiger partial charge in [0.05, 0.1) is 6.21 Å². The third kappa shape index (κ3) is 6.22. The summed E-state index contributed by atoms with van der Waals surface area (Å²) in [5, 5.41) is 8.00. The minimum atomic E-state index is 0.0605. The maximum absolute atomic E-state index is 5.32. The number of nitrogens with one attached hydrogen (secondary N) is 2. The van der Waals surface area contributed by atoms with Crippen molar-refractivity contribution in [1.82, 2.24) is 10.9 Å². The predicted molar refractivity (Wildman–Crippen MR) is 89.0 cm³/mol. The Bertz CT molecular complexity index is 525. The standard InChI is InChI=1S/C10H11BrN6S2/c11-7-3-1-6(2-4-7)8(15-17-10(13)19)5-14-16-9(12)18/h1-5H,(H3,12,16,18)(H3,13,17,19)/b14-5+,15-8+. The first kappa shape index (κ1) is 15.5. The second-order valence-electron chi connectivity index (χ2n) is 3.21. The third-order valence-corrected chi connectivity index (χ3v) is 2.50. The Hall–Kier alpha value is -1.58. The third-order valence-electron chi connectivity index (χ3n) is 1.79. The molecule has 0 bridgehead atoms. The van der Waals surface area contributed by atoms with E-state index in [1.54, 1.807) is 0 Å². The van der Waals surface area contributed by atoms with E-state index in [1.807, 2.05) is 24.3 Å². The van der Waals surface area contributed by atoms with Crippen molar-refractivity contribution in [2.24, 2.45) is 21.7 Å². The van der Waals surface area contributed by atoms with E-state index in [2.05, 4.69) is 61.4 Å². The number of nitrogens with two attached hydrogens (primary N) is 2. The fourth-order valence-electron chi connectivity index (χ4n) is 1.06. The van der Waals surface area contributed by atoms with Gasteiger partial charge in [0.25, 0.3) is 0 Å². The van der Waals surface area contributed by atoms with Gasteiger partial charge in [-0.25, -0.2) is 0 Å². The fraction of sp³-hybridized carbons (Fsp3) is 0. The molecule has 6 nitrogen and oxygen atoms in total. The van der Waals surface area contributed by atoms with Crippen LogP contribution in [0.5, 0.6) is 0 Å². The molecule has 0 spiro atoms. The summed E-state index contributed by atoms with van der Waals surface area (Å²) in [7, 11) is 0. The monoisotopic (exact) mass is 358 g/mol. The number of thiocarbonyl (C=S) groups is 2. The molecule has 0 saturated heterocycles. The Balaban J connectivity index is 2.94. The molecule has 0 heterocycles. The zero-order chi connectivity index (χ0) is 14.3. The van der Waals surface area contributed by atoms with Crippen LogP contribution in [0, 0.1) is 0 Å². The summed E-state index contributed by atoms with van der Waals surface area (Å²) in [6.45, 7) is 0. The number of hydrogen-bond donors (Lipinski definition) is 4. The van der Waals surface area contributed by atoms with Crippen molar-refractivity contribution in [2.75, 3.05) is 0 Å². The van der Waals surface area contributed by atoms with Gasteiger partial charge in [-0.1, -0.05) is 28.1 Å². The van der Waals surface area contributed by atoms with Crippen LogP contribution in [0.1, 0.15) is 5.56 Å². The van der Waals surface area contributed by atoms with E-state index in [9.17, 15) is 0 Å². The molecular formula is C10H11BrN6S2. The lowest BCUT2D eigenvalue weighted by molar-refractivity contribution is 1.03. The van der Waals surface area contributed by atoms with E-state index in [4.69, 9.17) is 11.5 Å². The predicted octanol–water partition coefficient (Wildman–Crippen LogP) is 0.805. The Morgan fingerprint density at radius 1 is 1.11 bits per heavy atom. The van der Waals surface area contributed by atoms with E-state index >= 15 is 0 Å². The first-order valence-electron chi connectivity index (χ1n) is 4.96. The van der Waals surface area contributed by atoms with Crippen molar-refractivity contribution in [1.29, 1.82) is 0 Å². The lowest BCUT2D eigenvalue weighted by Crippen LogP contribution is -2.27. The molecule has 1 aromatic carbocycles. The highest BCUT2D eigenvalue weighted by Gasteiger charge is 2.01. The second kappa shape index (κ2) is 7.77. The van der Waals surface area contributed by atoms with E-state index in [0.717, 1.165) is 10.0 Å². The summed E-state index contributed by atoms with van der Waals surface area (Å²) >= 11 is 12.7. The maximum atomic E-state index is 5.32. The van der Waals surface area contributed by atoms with Gasteiger partial charge in [0, 0.05) is 10.0 Å². The molecule has 0 aliphatic heterocycles. The van der Waals surface area contributed by atoms with Gasteiger partial charge in [0.1, 0.15) is 5.71 Å². The van der Waals surface area contributed by atoms with Crippen LogP contribution in [-0.2, 0) is 0 Å². The van der Waals surface area contributed by atoms with Crippen molar-refractivity contribution in [3.05, 3.63) is 34.3 Å². The Kier molecular flexibility index (Phi) is 6.33. The minimum absolute atomic E-state index is 0.0605. The van der Waals surface area contributed by atoms with Crippen LogP contribution in [0.4, 0.5) is 0 Å². The molecule has 0 aliphatic carbocycles. The number of hydrazone groups is 2. The lowest BCUT2D eigenvalue weighted by atomic mass is 10.1. The van der Waals surface area contributed by atoms with Gasteiger partial charge in [0.2, 0.25) is 0 Å². The average Bonchev–Trinajstić information content (AvgIpc) is 2.34. The maximum Gasteiger partial charge on any atom is 0.184 e. The van der Waals surface area contributed by atoms with Crippen molar-refractivity contribution in [3.8, 4) is 0 Å². The van der Waals surface area contributed by atoms with Crippen LogP contribution in [0.25, 0.3) is 0 Å². The van der Waals surface area contributed by atoms with Gasteiger partial charge in [-0.3, -0.25) is 10.9 Å². The molecule has 9 heteroatoms. The highest BCUT2D eigenvalue weighted by Crippen LogP contribution is 2.10. The van der Waals surface area contributed by atoms with Gasteiger partial charge in [0.15, 0.2) is 10.2 Å². The first-order valence-corrected chi connectivity index (χ1v) is 6.57. The Morgan fingerprint density at radius 3 is 2.21 bits per heavy atom. The molecule has 0 amide bonds. The van der Waals surface area contributed by atoms with Crippen LogP contribution >= 0.6 is 40.4 Å². The molecule has 0 aliphatic rings. The van der Waals surface area contributed by atoms with Crippen molar-refractivity contribution in [3.63, 3.8) is 0 Å². The molecule has 1 rings (SSSR count). The molecule has 0 aromatic heterocycles. The Morgan fingerprint density at radius 2 is 1.68 bits per heavy atom. The van der Waals surface area contributed by atoms with Crippen LogP contribution in [-0.4, -0.2) is 22.2 Å². The lowest BCUT2D eigenvalue weighted by Gasteiger charge is -2.03. The summed E-state index contributed by atoms with van der Waals surface area (Å²) in [4.78, 5) is 0. The van der Waals surface area contributed by atoms with Crippen LogP contribution in [0.15, 0.2) is 38.9 Å². The van der Waals surface area contributed by atoms with Crippen LogP contribution < -0.4 is 22.3 Å². The summed E-state index contributed by atoms with van der Waals surface area (Å²) in [6.07, 6.45) is 1.45. The van der Waals surface area contributed by atoms with Crippen LogP contribution in [0.2, 0.25) is 0 Å². The van der Waals surface area contributed by atoms with Crippen molar-refractivity contribution in [2.45, 2.75) is 0 Å². The number of hydrogen-bond acceptors (Lipinski definition) is 4. The van der Waals surface area contributed by atoms with E-state index in [0.29, 0.717) is 5.71 Å². The molecule has 1 aromatic rings. The number of halogens is 1. The molecule has 0 radical (unpaired) electrons.